The average molecular weight is 377 g/mol. The molecule has 1 N–H and O–H groups in total. The highest BCUT2D eigenvalue weighted by molar-refractivity contribution is 6.30. The lowest BCUT2D eigenvalue weighted by molar-refractivity contribution is -0.112. The van der Waals surface area contributed by atoms with Crippen LogP contribution in [0.4, 0.5) is 5.69 Å². The highest BCUT2D eigenvalue weighted by Gasteiger charge is 2.12. The monoisotopic (exact) mass is 376 g/mol. The lowest BCUT2D eigenvalue weighted by Crippen LogP contribution is -2.14. The van der Waals surface area contributed by atoms with Gasteiger partial charge in [-0.1, -0.05) is 29.3 Å². The number of carbonyl (C=O) groups is 1. The van der Waals surface area contributed by atoms with Gasteiger partial charge in [0, 0.05) is 22.3 Å². The number of furan rings is 1. The first-order chi connectivity index (χ1) is 13.0. The molecule has 0 aliphatic heterocycles. The quantitative estimate of drug-likeness (QED) is 0.464. The fraction of sp³-hybridized carbons (Fsp3) is 0.0909. The van der Waals surface area contributed by atoms with Crippen LogP contribution in [0.5, 0.6) is 0 Å². The van der Waals surface area contributed by atoms with Crippen molar-refractivity contribution in [2.24, 2.45) is 0 Å². The third-order valence-corrected chi connectivity index (χ3v) is 4.29. The zero-order chi connectivity index (χ0) is 19.4. The van der Waals surface area contributed by atoms with E-state index in [1.54, 1.807) is 24.3 Å². The Kier molecular flexibility index (Phi) is 5.44. The molecule has 0 unspecified atom stereocenters. The van der Waals surface area contributed by atoms with E-state index < -0.39 is 5.91 Å². The number of carbonyl (C=O) groups excluding carboxylic acids is 1. The SMILES string of the molecule is Cc1ccc(NC(=O)C(C#N)=Cc2ccc(-c3ccc(Cl)cc3)o2)c(C)c1. The van der Waals surface area contributed by atoms with Crippen LogP contribution in [0.2, 0.25) is 5.02 Å². The number of amides is 1. The number of nitrogens with zero attached hydrogens (tertiary/aromatic N) is 1. The van der Waals surface area contributed by atoms with Crippen molar-refractivity contribution in [3.63, 3.8) is 0 Å². The second kappa shape index (κ2) is 7.94. The topological polar surface area (TPSA) is 66.0 Å². The van der Waals surface area contributed by atoms with E-state index in [2.05, 4.69) is 5.32 Å². The Balaban J connectivity index is 1.81. The highest BCUT2D eigenvalue weighted by Crippen LogP contribution is 2.25. The van der Waals surface area contributed by atoms with Crippen LogP contribution in [0.3, 0.4) is 0 Å². The van der Waals surface area contributed by atoms with E-state index in [0.29, 0.717) is 22.2 Å². The van der Waals surface area contributed by atoms with Gasteiger partial charge in [-0.2, -0.15) is 5.26 Å². The first-order valence-electron chi connectivity index (χ1n) is 8.32. The minimum absolute atomic E-state index is 0.0352. The van der Waals surface area contributed by atoms with Gasteiger partial charge in [0.25, 0.3) is 5.91 Å². The Hall–Kier alpha value is -3.29. The number of aryl methyl sites for hydroxylation is 2. The summed E-state index contributed by atoms with van der Waals surface area (Å²) in [5.74, 6) is 0.575. The molecule has 0 atom stereocenters. The molecule has 2 aromatic carbocycles. The molecule has 27 heavy (non-hydrogen) atoms. The first kappa shape index (κ1) is 18.5. The molecular weight excluding hydrogens is 360 g/mol. The van der Waals surface area contributed by atoms with Crippen molar-refractivity contribution in [1.29, 1.82) is 5.26 Å². The van der Waals surface area contributed by atoms with Crippen LogP contribution in [0.15, 0.2) is 64.6 Å². The second-order valence-corrected chi connectivity index (χ2v) is 6.59. The van der Waals surface area contributed by atoms with Crippen LogP contribution in [0.1, 0.15) is 16.9 Å². The zero-order valence-corrected chi connectivity index (χ0v) is 15.7. The van der Waals surface area contributed by atoms with Crippen molar-refractivity contribution in [3.05, 3.63) is 82.1 Å². The Morgan fingerprint density at radius 3 is 2.52 bits per heavy atom. The fourth-order valence-electron chi connectivity index (χ4n) is 2.63. The summed E-state index contributed by atoms with van der Waals surface area (Å²) in [7, 11) is 0. The number of halogens is 1. The molecule has 3 rings (SSSR count). The van der Waals surface area contributed by atoms with Crippen LogP contribution in [0.25, 0.3) is 17.4 Å². The number of anilines is 1. The number of nitrogens with one attached hydrogen (secondary N) is 1. The molecule has 0 aliphatic carbocycles. The molecular formula is C22H17ClN2O2. The second-order valence-electron chi connectivity index (χ2n) is 6.15. The van der Waals surface area contributed by atoms with Gasteiger partial charge in [0.15, 0.2) is 0 Å². The van der Waals surface area contributed by atoms with Gasteiger partial charge in [0.05, 0.1) is 0 Å². The van der Waals surface area contributed by atoms with Gasteiger partial charge in [0.2, 0.25) is 0 Å². The van der Waals surface area contributed by atoms with Gasteiger partial charge in [-0.05, 0) is 61.9 Å². The van der Waals surface area contributed by atoms with Crippen molar-refractivity contribution in [2.75, 3.05) is 5.32 Å². The summed E-state index contributed by atoms with van der Waals surface area (Å²) in [5.41, 5.74) is 3.54. The molecule has 0 aliphatic rings. The molecule has 1 aromatic heterocycles. The van der Waals surface area contributed by atoms with Crippen LogP contribution < -0.4 is 5.32 Å². The molecule has 0 bridgehead atoms. The Bertz CT molecular complexity index is 1060. The number of hydrogen-bond donors (Lipinski definition) is 1. The zero-order valence-electron chi connectivity index (χ0n) is 14.9. The maximum Gasteiger partial charge on any atom is 0.266 e. The minimum Gasteiger partial charge on any atom is -0.457 e. The van der Waals surface area contributed by atoms with E-state index >= 15 is 0 Å². The Morgan fingerprint density at radius 1 is 1.11 bits per heavy atom. The van der Waals surface area contributed by atoms with Gasteiger partial charge in [-0.3, -0.25) is 4.79 Å². The predicted octanol–water partition coefficient (Wildman–Crippen LogP) is 5.76. The van der Waals surface area contributed by atoms with Crippen LogP contribution >= 0.6 is 11.6 Å². The van der Waals surface area contributed by atoms with E-state index in [0.717, 1.165) is 16.7 Å². The first-order valence-corrected chi connectivity index (χ1v) is 8.70. The third-order valence-electron chi connectivity index (χ3n) is 4.04. The smallest absolute Gasteiger partial charge is 0.266 e. The van der Waals surface area contributed by atoms with Gasteiger partial charge >= 0.3 is 0 Å². The normalized spacial score (nSPS) is 11.1. The fourth-order valence-corrected chi connectivity index (χ4v) is 2.76. The van der Waals surface area contributed by atoms with E-state index in [4.69, 9.17) is 16.0 Å². The highest BCUT2D eigenvalue weighted by atomic mass is 35.5. The van der Waals surface area contributed by atoms with E-state index in [9.17, 15) is 10.1 Å². The van der Waals surface area contributed by atoms with E-state index in [-0.39, 0.29) is 5.57 Å². The predicted molar refractivity (Wildman–Crippen MR) is 107 cm³/mol. The van der Waals surface area contributed by atoms with Gasteiger partial charge in [-0.25, -0.2) is 0 Å². The molecule has 0 saturated heterocycles. The van der Waals surface area contributed by atoms with Gasteiger partial charge in [-0.15, -0.1) is 0 Å². The van der Waals surface area contributed by atoms with Gasteiger partial charge < -0.3 is 9.73 Å². The number of hydrogen-bond acceptors (Lipinski definition) is 3. The van der Waals surface area contributed by atoms with Crippen LogP contribution in [-0.4, -0.2) is 5.91 Å². The molecule has 0 saturated carbocycles. The van der Waals surface area contributed by atoms with Crippen molar-refractivity contribution in [3.8, 4) is 17.4 Å². The van der Waals surface area contributed by atoms with Crippen molar-refractivity contribution < 1.29 is 9.21 Å². The molecule has 4 nitrogen and oxygen atoms in total. The van der Waals surface area contributed by atoms with Crippen molar-refractivity contribution in [2.45, 2.75) is 13.8 Å². The van der Waals surface area contributed by atoms with E-state index in [1.165, 1.54) is 6.08 Å². The molecule has 0 fully saturated rings. The maximum absolute atomic E-state index is 12.4. The number of rotatable bonds is 4. The summed E-state index contributed by atoms with van der Waals surface area (Å²) < 4.78 is 5.73. The average Bonchev–Trinajstić information content (AvgIpc) is 3.11. The van der Waals surface area contributed by atoms with Crippen molar-refractivity contribution in [1.82, 2.24) is 0 Å². The Morgan fingerprint density at radius 2 is 1.85 bits per heavy atom. The maximum atomic E-state index is 12.4. The minimum atomic E-state index is -0.478. The van der Waals surface area contributed by atoms with Crippen LogP contribution in [0, 0.1) is 25.2 Å². The molecule has 1 amide bonds. The molecule has 0 radical (unpaired) electrons. The molecule has 3 aromatic rings. The number of nitriles is 1. The summed E-state index contributed by atoms with van der Waals surface area (Å²) in [4.78, 5) is 12.4. The Labute approximate surface area is 162 Å². The summed E-state index contributed by atoms with van der Waals surface area (Å²) in [6.45, 7) is 3.89. The van der Waals surface area contributed by atoms with E-state index in [1.807, 2.05) is 50.2 Å². The lowest BCUT2D eigenvalue weighted by atomic mass is 10.1. The molecule has 134 valence electrons. The summed E-state index contributed by atoms with van der Waals surface area (Å²) >= 11 is 5.89. The summed E-state index contributed by atoms with van der Waals surface area (Å²) in [5, 5.41) is 12.8. The van der Waals surface area contributed by atoms with Crippen molar-refractivity contribution >= 4 is 29.3 Å². The summed E-state index contributed by atoms with van der Waals surface area (Å²) in [6.07, 6.45) is 1.43. The lowest BCUT2D eigenvalue weighted by Gasteiger charge is -2.08. The number of benzene rings is 2. The summed E-state index contributed by atoms with van der Waals surface area (Å²) in [6, 6.07) is 18.3. The molecule has 5 heteroatoms. The molecule has 1 heterocycles. The largest absolute Gasteiger partial charge is 0.457 e. The third kappa shape index (κ3) is 4.46. The molecule has 0 spiro atoms. The van der Waals surface area contributed by atoms with Gasteiger partial charge in [0.1, 0.15) is 23.2 Å². The van der Waals surface area contributed by atoms with Crippen LogP contribution in [-0.2, 0) is 4.79 Å². The standard InChI is InChI=1S/C22H17ClN2O2/c1-14-3-9-20(15(2)11-14)25-22(26)17(13-24)12-19-8-10-21(27-19)16-4-6-18(23)7-5-16/h3-12H,1-2H3,(H,25,26).